The van der Waals surface area contributed by atoms with Gasteiger partial charge >= 0.3 is 11.9 Å². The number of aliphatic hydroxyl groups is 1. The van der Waals surface area contributed by atoms with Gasteiger partial charge in [0.05, 0.1) is 0 Å². The van der Waals surface area contributed by atoms with Gasteiger partial charge in [0, 0.05) is 16.1 Å². The molecule has 2 N–H and O–H groups in total. The van der Waals surface area contributed by atoms with Crippen LogP contribution in [0.15, 0.2) is 54.6 Å². The Morgan fingerprint density at radius 1 is 1.04 bits per heavy atom. The molecule has 2 rings (SSSR count). The second-order valence-corrected chi connectivity index (χ2v) is 5.59. The molecule has 2 aromatic carbocycles. The van der Waals surface area contributed by atoms with Gasteiger partial charge < -0.3 is 14.9 Å². The number of carboxylic acids is 1. The number of ether oxygens (including phenoxy) is 1. The summed E-state index contributed by atoms with van der Waals surface area (Å²) in [5, 5.41) is 17.1. The Morgan fingerprint density at radius 3 is 2.17 bits per heavy atom. The molecule has 0 spiro atoms. The highest BCUT2D eigenvalue weighted by Crippen LogP contribution is 2.32. The summed E-state index contributed by atoms with van der Waals surface area (Å²) in [6, 6.07) is 13.7. The quantitative estimate of drug-likeness (QED) is 0.636. The lowest BCUT2D eigenvalue weighted by Gasteiger charge is -2.22. The SMILES string of the molecule is O=C(O)[C@H](OC(=O)C(O)(Cl)c1ccccc1)c1ccccc1Cl. The van der Waals surface area contributed by atoms with Crippen molar-refractivity contribution in [3.63, 3.8) is 0 Å². The lowest BCUT2D eigenvalue weighted by Crippen LogP contribution is -2.34. The number of alkyl halides is 1. The maximum atomic E-state index is 12.2. The van der Waals surface area contributed by atoms with Crippen molar-refractivity contribution in [3.8, 4) is 0 Å². The van der Waals surface area contributed by atoms with Crippen LogP contribution in [0.5, 0.6) is 0 Å². The fourth-order valence-electron chi connectivity index (χ4n) is 1.90. The molecule has 2 aromatic rings. The lowest BCUT2D eigenvalue weighted by molar-refractivity contribution is -0.173. The van der Waals surface area contributed by atoms with Gasteiger partial charge in [-0.1, -0.05) is 71.7 Å². The van der Waals surface area contributed by atoms with Gasteiger partial charge in [-0.05, 0) is 6.07 Å². The van der Waals surface area contributed by atoms with E-state index in [0.717, 1.165) is 0 Å². The summed E-state index contributed by atoms with van der Waals surface area (Å²) >= 11 is 11.8. The Morgan fingerprint density at radius 2 is 1.61 bits per heavy atom. The van der Waals surface area contributed by atoms with E-state index >= 15 is 0 Å². The second-order valence-electron chi connectivity index (χ2n) is 4.63. The third-order valence-electron chi connectivity index (χ3n) is 3.06. The molecule has 7 heteroatoms. The van der Waals surface area contributed by atoms with E-state index in [1.807, 2.05) is 0 Å². The van der Waals surface area contributed by atoms with Crippen LogP contribution in [0.4, 0.5) is 0 Å². The molecule has 2 atom stereocenters. The van der Waals surface area contributed by atoms with E-state index in [2.05, 4.69) is 0 Å². The molecular formula is C16H12Cl2O5. The van der Waals surface area contributed by atoms with Gasteiger partial charge in [-0.3, -0.25) is 0 Å². The fourth-order valence-corrected chi connectivity index (χ4v) is 2.30. The largest absolute Gasteiger partial charge is 0.478 e. The molecule has 0 amide bonds. The molecule has 0 heterocycles. The number of carboxylic acid groups (broad SMARTS) is 1. The first-order chi connectivity index (χ1) is 10.8. The summed E-state index contributed by atoms with van der Waals surface area (Å²) in [6.45, 7) is 0. The first-order valence-corrected chi connectivity index (χ1v) is 7.24. The van der Waals surface area contributed by atoms with Crippen molar-refractivity contribution in [2.75, 3.05) is 0 Å². The zero-order valence-corrected chi connectivity index (χ0v) is 13.2. The average molecular weight is 355 g/mol. The Hall–Kier alpha value is -2.08. The van der Waals surface area contributed by atoms with Crippen LogP contribution in [-0.4, -0.2) is 22.2 Å². The smallest absolute Gasteiger partial charge is 0.360 e. The molecule has 0 aliphatic rings. The zero-order chi connectivity index (χ0) is 17.0. The fraction of sp³-hybridized carbons (Fsp3) is 0.125. The number of halogens is 2. The van der Waals surface area contributed by atoms with Crippen molar-refractivity contribution in [2.45, 2.75) is 11.2 Å². The van der Waals surface area contributed by atoms with Gasteiger partial charge in [0.25, 0.3) is 5.06 Å². The summed E-state index contributed by atoms with van der Waals surface area (Å²) in [5.41, 5.74) is 0.144. The number of aliphatic carboxylic acids is 1. The number of esters is 1. The highest BCUT2D eigenvalue weighted by molar-refractivity contribution is 6.33. The van der Waals surface area contributed by atoms with Crippen molar-refractivity contribution in [2.24, 2.45) is 0 Å². The third kappa shape index (κ3) is 3.82. The third-order valence-corrected chi connectivity index (χ3v) is 3.78. The number of carbonyl (C=O) groups is 2. The van der Waals surface area contributed by atoms with Gasteiger partial charge in [-0.15, -0.1) is 0 Å². The number of hydrogen-bond acceptors (Lipinski definition) is 4. The van der Waals surface area contributed by atoms with Crippen LogP contribution in [0.3, 0.4) is 0 Å². The normalized spacial score (nSPS) is 14.6. The Bertz CT molecular complexity index is 715. The summed E-state index contributed by atoms with van der Waals surface area (Å²) in [5.74, 6) is -2.75. The molecule has 0 saturated carbocycles. The average Bonchev–Trinajstić information content (AvgIpc) is 2.53. The summed E-state index contributed by atoms with van der Waals surface area (Å²) < 4.78 is 4.89. The van der Waals surface area contributed by atoms with E-state index in [1.165, 1.54) is 24.3 Å². The van der Waals surface area contributed by atoms with Crippen LogP contribution < -0.4 is 0 Å². The second kappa shape index (κ2) is 7.00. The monoisotopic (exact) mass is 354 g/mol. The van der Waals surface area contributed by atoms with Gasteiger partial charge in [-0.25, -0.2) is 9.59 Å². The van der Waals surface area contributed by atoms with Gasteiger partial charge in [-0.2, -0.15) is 0 Å². The molecule has 5 nitrogen and oxygen atoms in total. The highest BCUT2D eigenvalue weighted by atomic mass is 35.5. The molecule has 0 aliphatic carbocycles. The molecule has 0 radical (unpaired) electrons. The minimum Gasteiger partial charge on any atom is -0.478 e. The molecule has 120 valence electrons. The van der Waals surface area contributed by atoms with E-state index in [4.69, 9.17) is 27.9 Å². The van der Waals surface area contributed by atoms with Crippen LogP contribution in [0.1, 0.15) is 17.2 Å². The Balaban J connectivity index is 2.29. The van der Waals surface area contributed by atoms with E-state index in [1.54, 1.807) is 30.3 Å². The predicted octanol–water partition coefficient (Wildman–Crippen LogP) is 3.09. The van der Waals surface area contributed by atoms with Crippen LogP contribution in [0, 0.1) is 0 Å². The number of benzene rings is 2. The molecular weight excluding hydrogens is 343 g/mol. The number of hydrogen-bond donors (Lipinski definition) is 2. The van der Waals surface area contributed by atoms with E-state index in [9.17, 15) is 19.8 Å². The van der Waals surface area contributed by atoms with Crippen LogP contribution in [0.2, 0.25) is 5.02 Å². The number of rotatable bonds is 5. The van der Waals surface area contributed by atoms with Crippen LogP contribution in [-0.2, 0) is 19.4 Å². The maximum absolute atomic E-state index is 12.2. The van der Waals surface area contributed by atoms with Crippen LogP contribution >= 0.6 is 23.2 Å². The molecule has 0 aliphatic heterocycles. The van der Waals surface area contributed by atoms with Crippen molar-refractivity contribution >= 4 is 35.1 Å². The first-order valence-electron chi connectivity index (χ1n) is 6.49. The summed E-state index contributed by atoms with van der Waals surface area (Å²) in [4.78, 5) is 23.5. The van der Waals surface area contributed by atoms with E-state index in [-0.39, 0.29) is 16.1 Å². The summed E-state index contributed by atoms with van der Waals surface area (Å²) in [6.07, 6.45) is -1.69. The summed E-state index contributed by atoms with van der Waals surface area (Å²) in [7, 11) is 0. The Kier molecular flexibility index (Phi) is 5.26. The Labute approximate surface area is 142 Å². The van der Waals surface area contributed by atoms with Gasteiger partial charge in [0.1, 0.15) is 0 Å². The topological polar surface area (TPSA) is 83.8 Å². The maximum Gasteiger partial charge on any atom is 0.360 e. The first kappa shape index (κ1) is 17.3. The minimum absolute atomic E-state index is 0.0648. The van der Waals surface area contributed by atoms with E-state index in [0.29, 0.717) is 0 Å². The molecule has 0 fully saturated rings. The van der Waals surface area contributed by atoms with Gasteiger partial charge in [0.15, 0.2) is 0 Å². The van der Waals surface area contributed by atoms with Crippen molar-refractivity contribution in [1.82, 2.24) is 0 Å². The zero-order valence-electron chi connectivity index (χ0n) is 11.6. The molecule has 0 aromatic heterocycles. The molecule has 0 bridgehead atoms. The van der Waals surface area contributed by atoms with Crippen molar-refractivity contribution in [1.29, 1.82) is 0 Å². The lowest BCUT2D eigenvalue weighted by atomic mass is 10.1. The van der Waals surface area contributed by atoms with Crippen molar-refractivity contribution in [3.05, 3.63) is 70.7 Å². The molecule has 1 unspecified atom stereocenters. The standard InChI is InChI=1S/C16H12Cl2O5/c17-12-9-5-4-8-11(12)13(14(19)20)23-15(21)16(18,22)10-6-2-1-3-7-10/h1-9,13,22H,(H,19,20)/t13-,16?/m1/s1. The minimum atomic E-state index is -2.50. The molecule has 0 saturated heterocycles. The van der Waals surface area contributed by atoms with E-state index < -0.39 is 23.1 Å². The van der Waals surface area contributed by atoms with Gasteiger partial charge in [0.2, 0.25) is 6.10 Å². The predicted molar refractivity (Wildman–Crippen MR) is 84.1 cm³/mol. The number of carbonyl (C=O) groups excluding carboxylic acids is 1. The highest BCUT2D eigenvalue weighted by Gasteiger charge is 2.40. The molecule has 23 heavy (non-hydrogen) atoms. The van der Waals surface area contributed by atoms with Crippen molar-refractivity contribution < 1.29 is 24.5 Å². The van der Waals surface area contributed by atoms with Crippen LogP contribution in [0.25, 0.3) is 0 Å².